The Balaban J connectivity index is 1.32. The molecule has 3 heterocycles. The Labute approximate surface area is 175 Å². The Kier molecular flexibility index (Phi) is 5.63. The molecule has 0 N–H and O–H groups in total. The Bertz CT molecular complexity index is 1150. The summed E-state index contributed by atoms with van der Waals surface area (Å²) in [4.78, 5) is 43.7. The second-order valence-corrected chi connectivity index (χ2v) is 8.10. The first-order valence-electron chi connectivity index (χ1n) is 9.60. The van der Waals surface area contributed by atoms with Crippen LogP contribution >= 0.6 is 11.3 Å². The number of nitrogens with zero attached hydrogens (tertiary/aromatic N) is 3. The van der Waals surface area contributed by atoms with Gasteiger partial charge in [0.05, 0.1) is 11.6 Å². The number of thiazole rings is 1. The van der Waals surface area contributed by atoms with Crippen molar-refractivity contribution in [2.75, 3.05) is 13.1 Å². The van der Waals surface area contributed by atoms with Crippen molar-refractivity contribution < 1.29 is 18.7 Å². The van der Waals surface area contributed by atoms with Crippen LogP contribution in [0.3, 0.4) is 0 Å². The van der Waals surface area contributed by atoms with Crippen molar-refractivity contribution in [1.29, 1.82) is 0 Å². The van der Waals surface area contributed by atoms with Gasteiger partial charge < -0.3 is 9.64 Å². The molecular formula is C21H20FN3O4S. The fourth-order valence-corrected chi connectivity index (χ4v) is 4.42. The molecule has 1 fully saturated rings. The predicted octanol–water partition coefficient (Wildman–Crippen LogP) is 2.80. The van der Waals surface area contributed by atoms with Gasteiger partial charge in [0.2, 0.25) is 0 Å². The number of aromatic nitrogens is 2. The third kappa shape index (κ3) is 4.11. The molecule has 2 aromatic heterocycles. The highest BCUT2D eigenvalue weighted by Gasteiger charge is 2.29. The quantitative estimate of drug-likeness (QED) is 0.596. The summed E-state index contributed by atoms with van der Waals surface area (Å²) in [5.41, 5.74) is 1.46. The minimum Gasteiger partial charge on any atom is -0.459 e. The van der Waals surface area contributed by atoms with Gasteiger partial charge in [-0.15, -0.1) is 11.3 Å². The number of esters is 1. The molecule has 9 heteroatoms. The molecule has 1 amide bonds. The number of rotatable bonds is 4. The van der Waals surface area contributed by atoms with Crippen LogP contribution < -0.4 is 5.56 Å². The number of benzene rings is 1. The maximum Gasteiger partial charge on any atom is 0.309 e. The molecule has 1 aliphatic heterocycles. The summed E-state index contributed by atoms with van der Waals surface area (Å²) in [5, 5.41) is 1.85. The lowest BCUT2D eigenvalue weighted by atomic mass is 9.96. The van der Waals surface area contributed by atoms with E-state index >= 15 is 0 Å². The van der Waals surface area contributed by atoms with Gasteiger partial charge in [-0.3, -0.25) is 18.8 Å². The molecular weight excluding hydrogens is 409 g/mol. The van der Waals surface area contributed by atoms with Crippen LogP contribution in [0.5, 0.6) is 0 Å². The minimum absolute atomic E-state index is 0.0593. The maximum absolute atomic E-state index is 13.0. The van der Waals surface area contributed by atoms with Gasteiger partial charge in [0, 0.05) is 35.8 Å². The fraction of sp³-hybridized carbons (Fsp3) is 0.333. The largest absolute Gasteiger partial charge is 0.459 e. The molecule has 0 saturated carbocycles. The summed E-state index contributed by atoms with van der Waals surface area (Å²) >= 11 is 1.36. The molecule has 1 aliphatic rings. The summed E-state index contributed by atoms with van der Waals surface area (Å²) in [6.45, 7) is 2.63. The van der Waals surface area contributed by atoms with E-state index in [-0.39, 0.29) is 30.0 Å². The lowest BCUT2D eigenvalue weighted by Crippen LogP contribution is -2.40. The standard InChI is InChI=1S/C21H20FN3O4S/c1-13-12-30-21-23-17(10-18(26)25(13)21)11-29-20(28)15-6-8-24(9-7-15)19(27)14-2-4-16(22)5-3-14/h2-5,10,12,15H,6-9,11H2,1H3. The molecule has 0 spiro atoms. The molecule has 0 aliphatic carbocycles. The van der Waals surface area contributed by atoms with Crippen LogP contribution in [0.1, 0.15) is 34.6 Å². The van der Waals surface area contributed by atoms with E-state index in [4.69, 9.17) is 4.74 Å². The zero-order chi connectivity index (χ0) is 21.3. The third-order valence-electron chi connectivity index (χ3n) is 5.20. The smallest absolute Gasteiger partial charge is 0.309 e. The molecule has 0 bridgehead atoms. The lowest BCUT2D eigenvalue weighted by molar-refractivity contribution is -0.151. The van der Waals surface area contributed by atoms with E-state index in [1.165, 1.54) is 46.1 Å². The van der Waals surface area contributed by atoms with Gasteiger partial charge in [-0.2, -0.15) is 0 Å². The van der Waals surface area contributed by atoms with Crippen LogP contribution in [0.2, 0.25) is 0 Å². The molecule has 4 rings (SSSR count). The SMILES string of the molecule is Cc1csc2nc(COC(=O)C3CCN(C(=O)c4ccc(F)cc4)CC3)cc(=O)n12. The average Bonchev–Trinajstić information content (AvgIpc) is 3.13. The van der Waals surface area contributed by atoms with Gasteiger partial charge in [0.25, 0.3) is 11.5 Å². The summed E-state index contributed by atoms with van der Waals surface area (Å²) in [5.74, 6) is -1.23. The summed E-state index contributed by atoms with van der Waals surface area (Å²) in [6.07, 6.45) is 0.982. The van der Waals surface area contributed by atoms with Crippen molar-refractivity contribution in [3.63, 3.8) is 0 Å². The summed E-state index contributed by atoms with van der Waals surface area (Å²) in [7, 11) is 0. The van der Waals surface area contributed by atoms with Crippen LogP contribution in [-0.4, -0.2) is 39.3 Å². The van der Waals surface area contributed by atoms with E-state index in [0.717, 1.165) is 5.69 Å². The highest BCUT2D eigenvalue weighted by molar-refractivity contribution is 7.15. The van der Waals surface area contributed by atoms with Crippen molar-refractivity contribution in [1.82, 2.24) is 14.3 Å². The van der Waals surface area contributed by atoms with Gasteiger partial charge in [-0.25, -0.2) is 9.37 Å². The number of hydrogen-bond acceptors (Lipinski definition) is 6. The van der Waals surface area contributed by atoms with E-state index < -0.39 is 5.82 Å². The second-order valence-electron chi connectivity index (χ2n) is 7.26. The third-order valence-corrected chi connectivity index (χ3v) is 6.14. The maximum atomic E-state index is 13.0. The number of fused-ring (bicyclic) bond motifs is 1. The molecule has 0 unspecified atom stereocenters. The topological polar surface area (TPSA) is 81.0 Å². The van der Waals surface area contributed by atoms with Crippen LogP contribution in [0.25, 0.3) is 4.96 Å². The Hall–Kier alpha value is -3.07. The zero-order valence-corrected chi connectivity index (χ0v) is 17.2. The molecule has 30 heavy (non-hydrogen) atoms. The number of carbonyl (C=O) groups excluding carboxylic acids is 2. The van der Waals surface area contributed by atoms with Crippen molar-refractivity contribution in [2.45, 2.75) is 26.4 Å². The normalized spacial score (nSPS) is 14.8. The fourth-order valence-electron chi connectivity index (χ4n) is 3.53. The van der Waals surface area contributed by atoms with Gasteiger partial charge in [-0.05, 0) is 44.0 Å². The van der Waals surface area contributed by atoms with Crippen LogP contribution in [0.4, 0.5) is 4.39 Å². The average molecular weight is 429 g/mol. The van der Waals surface area contributed by atoms with Gasteiger partial charge in [0.15, 0.2) is 4.96 Å². The van der Waals surface area contributed by atoms with E-state index in [1.807, 2.05) is 12.3 Å². The Morgan fingerprint density at radius 2 is 1.93 bits per heavy atom. The van der Waals surface area contributed by atoms with Crippen molar-refractivity contribution in [3.05, 3.63) is 68.8 Å². The molecule has 0 radical (unpaired) electrons. The number of piperidine rings is 1. The van der Waals surface area contributed by atoms with Crippen LogP contribution in [0.15, 0.2) is 40.5 Å². The molecule has 1 saturated heterocycles. The number of carbonyl (C=O) groups is 2. The van der Waals surface area contributed by atoms with E-state index in [0.29, 0.717) is 42.1 Å². The summed E-state index contributed by atoms with van der Waals surface area (Å²) in [6, 6.07) is 6.81. The highest BCUT2D eigenvalue weighted by atomic mass is 32.1. The zero-order valence-electron chi connectivity index (χ0n) is 16.3. The number of ether oxygens (including phenoxy) is 1. The predicted molar refractivity (Wildman–Crippen MR) is 109 cm³/mol. The van der Waals surface area contributed by atoms with Gasteiger partial charge in [-0.1, -0.05) is 0 Å². The molecule has 3 aromatic rings. The van der Waals surface area contributed by atoms with E-state index in [2.05, 4.69) is 4.98 Å². The van der Waals surface area contributed by atoms with Crippen molar-refractivity contribution in [3.8, 4) is 0 Å². The molecule has 156 valence electrons. The first-order valence-corrected chi connectivity index (χ1v) is 10.5. The van der Waals surface area contributed by atoms with E-state index in [1.54, 1.807) is 4.90 Å². The number of amides is 1. The Morgan fingerprint density at radius 3 is 2.63 bits per heavy atom. The van der Waals surface area contributed by atoms with Gasteiger partial charge >= 0.3 is 5.97 Å². The number of halogens is 1. The molecule has 0 atom stereocenters. The van der Waals surface area contributed by atoms with Gasteiger partial charge in [0.1, 0.15) is 12.4 Å². The van der Waals surface area contributed by atoms with Crippen molar-refractivity contribution in [2.24, 2.45) is 5.92 Å². The first-order chi connectivity index (χ1) is 14.4. The van der Waals surface area contributed by atoms with Crippen molar-refractivity contribution >= 4 is 28.2 Å². The monoisotopic (exact) mass is 429 g/mol. The number of hydrogen-bond donors (Lipinski definition) is 0. The summed E-state index contributed by atoms with van der Waals surface area (Å²) < 4.78 is 19.9. The lowest BCUT2D eigenvalue weighted by Gasteiger charge is -2.31. The number of aryl methyl sites for hydroxylation is 1. The highest BCUT2D eigenvalue weighted by Crippen LogP contribution is 2.21. The minimum atomic E-state index is -0.390. The first kappa shape index (κ1) is 20.2. The molecule has 7 nitrogen and oxygen atoms in total. The Morgan fingerprint density at radius 1 is 1.23 bits per heavy atom. The number of likely N-dealkylation sites (tertiary alicyclic amines) is 1. The molecule has 1 aromatic carbocycles. The second kappa shape index (κ2) is 8.35. The van der Waals surface area contributed by atoms with Crippen LogP contribution in [-0.2, 0) is 16.1 Å². The van der Waals surface area contributed by atoms with E-state index in [9.17, 15) is 18.8 Å². The van der Waals surface area contributed by atoms with Crippen LogP contribution in [0, 0.1) is 18.7 Å².